The van der Waals surface area contributed by atoms with E-state index in [1.54, 1.807) is 12.1 Å². The molecule has 0 bridgehead atoms. The van der Waals surface area contributed by atoms with Gasteiger partial charge in [0.2, 0.25) is 0 Å². The summed E-state index contributed by atoms with van der Waals surface area (Å²) in [4.78, 5) is 16.2. The van der Waals surface area contributed by atoms with E-state index >= 15 is 0 Å². The number of halogens is 2. The lowest BCUT2D eigenvalue weighted by Crippen LogP contribution is -2.24. The lowest BCUT2D eigenvalue weighted by atomic mass is 9.90. The molecule has 2 heterocycles. The summed E-state index contributed by atoms with van der Waals surface area (Å²) < 4.78 is 28.2. The van der Waals surface area contributed by atoms with Gasteiger partial charge in [-0.25, -0.2) is 13.8 Å². The number of nitrogens with one attached hydrogen (secondary N) is 1. The van der Waals surface area contributed by atoms with Gasteiger partial charge in [0, 0.05) is 25.6 Å². The van der Waals surface area contributed by atoms with Gasteiger partial charge in [-0.3, -0.25) is 4.79 Å². The predicted molar refractivity (Wildman–Crippen MR) is 120 cm³/mol. The van der Waals surface area contributed by atoms with Gasteiger partial charge in [0.1, 0.15) is 17.5 Å². The van der Waals surface area contributed by atoms with Crippen molar-refractivity contribution in [3.8, 4) is 0 Å². The van der Waals surface area contributed by atoms with Gasteiger partial charge in [0.25, 0.3) is 5.91 Å². The maximum Gasteiger partial charge on any atom is 0.253 e. The first kappa shape index (κ1) is 22.9. The summed E-state index contributed by atoms with van der Waals surface area (Å²) in [7, 11) is 0. The highest BCUT2D eigenvalue weighted by Crippen LogP contribution is 2.26. The number of hydrogen-bond acceptors (Lipinski definition) is 2. The van der Waals surface area contributed by atoms with Crippen molar-refractivity contribution >= 4 is 16.9 Å². The molecule has 1 aliphatic heterocycles. The first-order valence-corrected chi connectivity index (χ1v) is 11.2. The van der Waals surface area contributed by atoms with Crippen molar-refractivity contribution in [2.75, 3.05) is 6.54 Å². The molecule has 1 aliphatic rings. The Morgan fingerprint density at radius 2 is 1.71 bits per heavy atom. The largest absolute Gasteiger partial charge is 0.350 e. The van der Waals surface area contributed by atoms with Gasteiger partial charge in [-0.2, -0.15) is 0 Å². The molecule has 0 aliphatic carbocycles. The number of imidazole rings is 1. The van der Waals surface area contributed by atoms with E-state index in [4.69, 9.17) is 0 Å². The second-order valence-corrected chi connectivity index (χ2v) is 7.94. The summed E-state index contributed by atoms with van der Waals surface area (Å²) in [5.74, 6) is 0.724. The average molecular weight is 428 g/mol. The van der Waals surface area contributed by atoms with Gasteiger partial charge < -0.3 is 9.88 Å². The highest BCUT2D eigenvalue weighted by Gasteiger charge is 2.21. The molecule has 0 spiro atoms. The van der Waals surface area contributed by atoms with Crippen LogP contribution in [0.5, 0.6) is 0 Å². The molecular weight excluding hydrogens is 396 g/mol. The Balaban J connectivity index is 0.000000180. The lowest BCUT2D eigenvalue weighted by Gasteiger charge is -2.15. The molecule has 4 rings (SSSR count). The minimum Gasteiger partial charge on any atom is -0.350 e. The maximum absolute atomic E-state index is 13.4. The Morgan fingerprint density at radius 1 is 1.03 bits per heavy atom. The minimum atomic E-state index is -0.420. The van der Waals surface area contributed by atoms with E-state index in [9.17, 15) is 13.6 Å². The zero-order valence-corrected chi connectivity index (χ0v) is 18.5. The first-order chi connectivity index (χ1) is 15.0. The summed E-state index contributed by atoms with van der Waals surface area (Å²) >= 11 is 0. The number of nitrogens with zero attached hydrogens (tertiary/aromatic N) is 2. The number of rotatable bonds is 6. The van der Waals surface area contributed by atoms with Crippen LogP contribution in [0.4, 0.5) is 8.78 Å². The van der Waals surface area contributed by atoms with Crippen molar-refractivity contribution in [1.29, 1.82) is 0 Å². The summed E-state index contributed by atoms with van der Waals surface area (Å²) in [5, 5.41) is 2.76. The van der Waals surface area contributed by atoms with Crippen LogP contribution in [0, 0.1) is 11.6 Å². The summed E-state index contributed by atoms with van der Waals surface area (Å²) in [6, 6.07) is 9.63. The smallest absolute Gasteiger partial charge is 0.253 e. The van der Waals surface area contributed by atoms with Crippen molar-refractivity contribution in [3.63, 3.8) is 0 Å². The second kappa shape index (κ2) is 10.5. The Bertz CT molecular complexity index is 1020. The zero-order valence-electron chi connectivity index (χ0n) is 18.5. The molecule has 1 N–H and O–H groups in total. The van der Waals surface area contributed by atoms with E-state index in [0.29, 0.717) is 30.1 Å². The molecule has 3 aromatic rings. The van der Waals surface area contributed by atoms with E-state index in [0.717, 1.165) is 17.8 Å². The SMILES string of the molecule is CCCC(CCC)c1ccc(F)cc1.CCc1nc2cc(F)cc3c2n1CCNC3=O. The van der Waals surface area contributed by atoms with Crippen LogP contribution in [0.3, 0.4) is 0 Å². The van der Waals surface area contributed by atoms with Gasteiger partial charge in [-0.15, -0.1) is 0 Å². The molecule has 6 heteroatoms. The van der Waals surface area contributed by atoms with Crippen molar-refractivity contribution in [2.45, 2.75) is 65.3 Å². The number of carbonyl (C=O) groups is 1. The number of amides is 1. The van der Waals surface area contributed by atoms with Gasteiger partial charge >= 0.3 is 0 Å². The third-order valence-corrected chi connectivity index (χ3v) is 5.68. The van der Waals surface area contributed by atoms with Crippen LogP contribution in [0.15, 0.2) is 36.4 Å². The lowest BCUT2D eigenvalue weighted by molar-refractivity contribution is 0.0956. The number of aryl methyl sites for hydroxylation is 1. The van der Waals surface area contributed by atoms with Crippen LogP contribution in [0.2, 0.25) is 0 Å². The highest BCUT2D eigenvalue weighted by atomic mass is 19.1. The molecule has 0 fully saturated rings. The van der Waals surface area contributed by atoms with E-state index in [1.807, 2.05) is 23.6 Å². The van der Waals surface area contributed by atoms with Crippen molar-refractivity contribution in [3.05, 3.63) is 65.0 Å². The molecule has 0 saturated heterocycles. The summed E-state index contributed by atoms with van der Waals surface area (Å²) in [5.41, 5.74) is 2.98. The maximum atomic E-state index is 13.4. The van der Waals surface area contributed by atoms with Crippen molar-refractivity contribution in [2.24, 2.45) is 0 Å². The Labute approximate surface area is 182 Å². The third-order valence-electron chi connectivity index (χ3n) is 5.68. The number of hydrogen-bond donors (Lipinski definition) is 1. The summed E-state index contributed by atoms with van der Waals surface area (Å²) in [6.45, 7) is 7.64. The molecule has 0 unspecified atom stereocenters. The third kappa shape index (κ3) is 5.30. The summed E-state index contributed by atoms with van der Waals surface area (Å²) in [6.07, 6.45) is 5.58. The van der Waals surface area contributed by atoms with Crippen LogP contribution in [-0.2, 0) is 13.0 Å². The first-order valence-electron chi connectivity index (χ1n) is 11.2. The normalized spacial score (nSPS) is 13.0. The fourth-order valence-corrected chi connectivity index (χ4v) is 4.25. The molecule has 4 nitrogen and oxygen atoms in total. The van der Waals surface area contributed by atoms with Crippen LogP contribution in [-0.4, -0.2) is 22.0 Å². The van der Waals surface area contributed by atoms with E-state index in [2.05, 4.69) is 24.1 Å². The quantitative estimate of drug-likeness (QED) is 0.525. The van der Waals surface area contributed by atoms with Crippen LogP contribution < -0.4 is 5.32 Å². The molecule has 31 heavy (non-hydrogen) atoms. The molecule has 1 aromatic heterocycles. The van der Waals surface area contributed by atoms with E-state index < -0.39 is 5.82 Å². The van der Waals surface area contributed by atoms with Gasteiger partial charge in [-0.05, 0) is 42.5 Å². The standard InChI is InChI=1S/C13H19F.C12H12FN3O/c1-3-5-11(6-4-2)12-7-9-13(14)10-8-12;1-2-10-15-9-6-7(13)5-8-11(9)16(10)4-3-14-12(8)17/h7-11H,3-6H2,1-2H3;5-6H,2-4H2,1H3,(H,14,17). The van der Waals surface area contributed by atoms with Gasteiger partial charge in [0.05, 0.1) is 16.6 Å². The molecular formula is C25H31F2N3O. The predicted octanol–water partition coefficient (Wildman–Crippen LogP) is 5.99. The Kier molecular flexibility index (Phi) is 7.77. The fraction of sp³-hybridized carbons (Fsp3) is 0.440. The molecule has 0 saturated carbocycles. The number of carbonyl (C=O) groups excluding carboxylic acids is 1. The van der Waals surface area contributed by atoms with Gasteiger partial charge in [-0.1, -0.05) is 45.7 Å². The molecule has 1 amide bonds. The Morgan fingerprint density at radius 3 is 2.32 bits per heavy atom. The monoisotopic (exact) mass is 427 g/mol. The molecule has 0 radical (unpaired) electrons. The van der Waals surface area contributed by atoms with E-state index in [-0.39, 0.29) is 11.7 Å². The molecule has 166 valence electrons. The Hall–Kier alpha value is -2.76. The molecule has 0 atom stereocenters. The van der Waals surface area contributed by atoms with Crippen molar-refractivity contribution in [1.82, 2.24) is 14.9 Å². The number of aromatic nitrogens is 2. The number of benzene rings is 2. The highest BCUT2D eigenvalue weighted by molar-refractivity contribution is 6.05. The minimum absolute atomic E-state index is 0.138. The topological polar surface area (TPSA) is 46.9 Å². The molecule has 2 aromatic carbocycles. The van der Waals surface area contributed by atoms with E-state index in [1.165, 1.54) is 43.4 Å². The van der Waals surface area contributed by atoms with Crippen LogP contribution >= 0.6 is 0 Å². The van der Waals surface area contributed by atoms with Crippen molar-refractivity contribution < 1.29 is 13.6 Å². The average Bonchev–Trinajstić information content (AvgIpc) is 3.02. The van der Waals surface area contributed by atoms with Crippen LogP contribution in [0.1, 0.15) is 74.1 Å². The zero-order chi connectivity index (χ0) is 22.4. The van der Waals surface area contributed by atoms with Crippen LogP contribution in [0.25, 0.3) is 11.0 Å². The second-order valence-electron chi connectivity index (χ2n) is 7.94. The van der Waals surface area contributed by atoms with Gasteiger partial charge in [0.15, 0.2) is 0 Å². The fourth-order valence-electron chi connectivity index (χ4n) is 4.25.